The number of hydrogen-bond donors (Lipinski definition) is 2. The highest BCUT2D eigenvalue weighted by atomic mass is 32.1. The van der Waals surface area contributed by atoms with Crippen molar-refractivity contribution in [2.75, 3.05) is 32.0 Å². The highest BCUT2D eigenvalue weighted by molar-refractivity contribution is 7.17. The SMILES string of the molecule is CCCNc1nnc(C(=O)NCC2CCCN2C)s1. The molecule has 1 aromatic rings. The topological polar surface area (TPSA) is 70.1 Å². The summed E-state index contributed by atoms with van der Waals surface area (Å²) in [4.78, 5) is 14.2. The van der Waals surface area contributed by atoms with E-state index in [0.717, 1.165) is 25.9 Å². The van der Waals surface area contributed by atoms with Gasteiger partial charge >= 0.3 is 0 Å². The number of aromatic nitrogens is 2. The molecule has 1 saturated heterocycles. The van der Waals surface area contributed by atoms with Crippen LogP contribution in [0.3, 0.4) is 0 Å². The molecule has 106 valence electrons. The maximum Gasteiger partial charge on any atom is 0.282 e. The van der Waals surface area contributed by atoms with Crippen molar-refractivity contribution in [1.29, 1.82) is 0 Å². The molecular weight excluding hydrogens is 262 g/mol. The Kier molecular flexibility index (Phi) is 5.09. The molecule has 1 atom stereocenters. The summed E-state index contributed by atoms with van der Waals surface area (Å²) in [7, 11) is 2.10. The van der Waals surface area contributed by atoms with Crippen LogP contribution >= 0.6 is 11.3 Å². The van der Waals surface area contributed by atoms with Crippen molar-refractivity contribution < 1.29 is 4.79 Å². The van der Waals surface area contributed by atoms with Crippen molar-refractivity contribution >= 4 is 22.4 Å². The van der Waals surface area contributed by atoms with Gasteiger partial charge in [0, 0.05) is 19.1 Å². The Hall–Kier alpha value is -1.21. The van der Waals surface area contributed by atoms with E-state index in [4.69, 9.17) is 0 Å². The van der Waals surface area contributed by atoms with Gasteiger partial charge in [-0.15, -0.1) is 10.2 Å². The molecule has 1 aliphatic rings. The largest absolute Gasteiger partial charge is 0.360 e. The molecule has 0 aromatic carbocycles. The zero-order chi connectivity index (χ0) is 13.7. The van der Waals surface area contributed by atoms with E-state index in [1.807, 2.05) is 0 Å². The van der Waals surface area contributed by atoms with Crippen molar-refractivity contribution in [3.63, 3.8) is 0 Å². The Morgan fingerprint density at radius 1 is 1.53 bits per heavy atom. The van der Waals surface area contributed by atoms with Crippen LogP contribution in [0.5, 0.6) is 0 Å². The minimum absolute atomic E-state index is 0.123. The van der Waals surface area contributed by atoms with Crippen molar-refractivity contribution in [2.24, 2.45) is 0 Å². The third-order valence-corrected chi connectivity index (χ3v) is 4.19. The summed E-state index contributed by atoms with van der Waals surface area (Å²) >= 11 is 1.31. The number of likely N-dealkylation sites (N-methyl/N-ethyl adjacent to an activating group) is 1. The second-order valence-electron chi connectivity index (χ2n) is 4.83. The van der Waals surface area contributed by atoms with Gasteiger partial charge in [-0.25, -0.2) is 0 Å². The van der Waals surface area contributed by atoms with E-state index in [9.17, 15) is 4.79 Å². The number of rotatable bonds is 6. The maximum atomic E-state index is 11.9. The highest BCUT2D eigenvalue weighted by Crippen LogP contribution is 2.16. The van der Waals surface area contributed by atoms with Gasteiger partial charge in [-0.2, -0.15) is 0 Å². The molecule has 0 saturated carbocycles. The van der Waals surface area contributed by atoms with Crippen molar-refractivity contribution in [3.05, 3.63) is 5.01 Å². The van der Waals surface area contributed by atoms with Gasteiger partial charge in [0.15, 0.2) is 0 Å². The minimum Gasteiger partial charge on any atom is -0.360 e. The van der Waals surface area contributed by atoms with Crippen LogP contribution in [0.15, 0.2) is 0 Å². The van der Waals surface area contributed by atoms with Crippen molar-refractivity contribution in [1.82, 2.24) is 20.4 Å². The summed E-state index contributed by atoms with van der Waals surface area (Å²) in [5, 5.41) is 15.1. The van der Waals surface area contributed by atoms with Crippen LogP contribution < -0.4 is 10.6 Å². The lowest BCUT2D eigenvalue weighted by Crippen LogP contribution is -2.38. The van der Waals surface area contributed by atoms with Gasteiger partial charge in [-0.1, -0.05) is 18.3 Å². The summed E-state index contributed by atoms with van der Waals surface area (Å²) in [6.07, 6.45) is 3.38. The fourth-order valence-corrected chi connectivity index (χ4v) is 2.83. The van der Waals surface area contributed by atoms with Crippen LogP contribution in [0.4, 0.5) is 5.13 Å². The fraction of sp³-hybridized carbons (Fsp3) is 0.750. The second kappa shape index (κ2) is 6.81. The predicted molar refractivity (Wildman–Crippen MR) is 76.7 cm³/mol. The Bertz CT molecular complexity index is 422. The first kappa shape index (κ1) is 14.2. The Morgan fingerprint density at radius 3 is 3.05 bits per heavy atom. The molecule has 0 radical (unpaired) electrons. The number of likely N-dealkylation sites (tertiary alicyclic amines) is 1. The van der Waals surface area contributed by atoms with Gasteiger partial charge in [0.05, 0.1) is 0 Å². The van der Waals surface area contributed by atoms with Crippen molar-refractivity contribution in [2.45, 2.75) is 32.2 Å². The monoisotopic (exact) mass is 283 g/mol. The first-order valence-corrected chi connectivity index (χ1v) is 7.58. The van der Waals surface area contributed by atoms with Gasteiger partial charge in [-0.3, -0.25) is 4.79 Å². The van der Waals surface area contributed by atoms with Gasteiger partial charge in [0.2, 0.25) is 10.1 Å². The first-order valence-electron chi connectivity index (χ1n) is 6.76. The Morgan fingerprint density at radius 2 is 2.37 bits per heavy atom. The molecule has 1 aliphatic heterocycles. The molecule has 1 aromatic heterocycles. The lowest BCUT2D eigenvalue weighted by atomic mass is 10.2. The van der Waals surface area contributed by atoms with Crippen LogP contribution in [0.1, 0.15) is 36.0 Å². The lowest BCUT2D eigenvalue weighted by molar-refractivity contribution is 0.0942. The van der Waals surface area contributed by atoms with Crippen LogP contribution in [0.2, 0.25) is 0 Å². The van der Waals surface area contributed by atoms with Gasteiger partial charge in [0.25, 0.3) is 5.91 Å². The Balaban J connectivity index is 1.80. The molecule has 7 heteroatoms. The second-order valence-corrected chi connectivity index (χ2v) is 5.80. The molecule has 0 bridgehead atoms. The van der Waals surface area contributed by atoms with Gasteiger partial charge in [-0.05, 0) is 32.9 Å². The van der Waals surface area contributed by atoms with Crippen LogP contribution in [-0.4, -0.2) is 53.7 Å². The number of nitrogens with zero attached hydrogens (tertiary/aromatic N) is 3. The summed E-state index contributed by atoms with van der Waals surface area (Å²) in [5.74, 6) is -0.123. The molecule has 6 nitrogen and oxygen atoms in total. The van der Waals surface area contributed by atoms with Gasteiger partial charge < -0.3 is 15.5 Å². The highest BCUT2D eigenvalue weighted by Gasteiger charge is 2.22. The molecule has 0 aliphatic carbocycles. The molecule has 2 N–H and O–H groups in total. The Labute approximate surface area is 117 Å². The van der Waals surface area contributed by atoms with E-state index in [0.29, 0.717) is 22.7 Å². The summed E-state index contributed by atoms with van der Waals surface area (Å²) in [6.45, 7) is 4.74. The number of nitrogens with one attached hydrogen (secondary N) is 2. The zero-order valence-electron chi connectivity index (χ0n) is 11.5. The zero-order valence-corrected chi connectivity index (χ0v) is 12.3. The smallest absolute Gasteiger partial charge is 0.282 e. The minimum atomic E-state index is -0.123. The summed E-state index contributed by atoms with van der Waals surface area (Å²) in [5.41, 5.74) is 0. The third-order valence-electron chi connectivity index (χ3n) is 3.32. The average Bonchev–Trinajstić information content (AvgIpc) is 3.03. The van der Waals surface area contributed by atoms with E-state index in [2.05, 4.69) is 39.7 Å². The third kappa shape index (κ3) is 3.87. The first-order chi connectivity index (χ1) is 9.20. The summed E-state index contributed by atoms with van der Waals surface area (Å²) in [6, 6.07) is 0.453. The van der Waals surface area contributed by atoms with Gasteiger partial charge in [0.1, 0.15) is 0 Å². The normalized spacial score (nSPS) is 19.6. The van der Waals surface area contributed by atoms with Crippen LogP contribution in [0, 0.1) is 0 Å². The van der Waals surface area contributed by atoms with E-state index in [-0.39, 0.29) is 5.91 Å². The van der Waals surface area contributed by atoms with Crippen molar-refractivity contribution in [3.8, 4) is 0 Å². The standard InChI is InChI=1S/C12H21N5OS/c1-3-6-13-12-16-15-11(19-12)10(18)14-8-9-5-4-7-17(9)2/h9H,3-8H2,1-2H3,(H,13,16)(H,14,18). The molecule has 2 heterocycles. The molecule has 2 rings (SSSR count). The number of carbonyl (C=O) groups is 1. The molecule has 1 amide bonds. The molecular formula is C12H21N5OS. The average molecular weight is 283 g/mol. The summed E-state index contributed by atoms with van der Waals surface area (Å²) < 4.78 is 0. The number of amides is 1. The number of anilines is 1. The number of hydrogen-bond acceptors (Lipinski definition) is 6. The van der Waals surface area contributed by atoms with E-state index >= 15 is 0 Å². The van der Waals surface area contributed by atoms with E-state index in [1.165, 1.54) is 17.8 Å². The fourth-order valence-electron chi connectivity index (χ4n) is 2.14. The molecule has 1 fully saturated rings. The number of carbonyl (C=O) groups excluding carboxylic acids is 1. The molecule has 1 unspecified atom stereocenters. The van der Waals surface area contributed by atoms with E-state index in [1.54, 1.807) is 0 Å². The maximum absolute atomic E-state index is 11.9. The quantitative estimate of drug-likeness (QED) is 0.820. The van der Waals surface area contributed by atoms with Crippen LogP contribution in [-0.2, 0) is 0 Å². The molecule has 0 spiro atoms. The molecule has 19 heavy (non-hydrogen) atoms. The lowest BCUT2D eigenvalue weighted by Gasteiger charge is -2.19. The predicted octanol–water partition coefficient (Wildman–Crippen LogP) is 1.18. The van der Waals surface area contributed by atoms with Crippen LogP contribution in [0.25, 0.3) is 0 Å². The van der Waals surface area contributed by atoms with E-state index < -0.39 is 0 Å².